The Morgan fingerprint density at radius 3 is 2.67 bits per heavy atom. The van der Waals surface area contributed by atoms with E-state index in [1.807, 2.05) is 0 Å². The second-order valence-electron chi connectivity index (χ2n) is 5.38. The third kappa shape index (κ3) is 3.88. The molecule has 0 amide bonds. The molecule has 0 aromatic heterocycles. The van der Waals surface area contributed by atoms with Gasteiger partial charge >= 0.3 is 0 Å². The summed E-state index contributed by atoms with van der Waals surface area (Å²) in [5, 5.41) is 35.7. The second-order valence-corrected chi connectivity index (χ2v) is 5.38. The van der Waals surface area contributed by atoms with Crippen molar-refractivity contribution in [1.82, 2.24) is 10.6 Å². The molecule has 2 heterocycles. The fraction of sp³-hybridized carbons (Fsp3) is 1.00. The molecule has 0 bridgehead atoms. The van der Waals surface area contributed by atoms with Gasteiger partial charge in [-0.05, 0) is 32.4 Å². The van der Waals surface area contributed by atoms with Gasteiger partial charge in [-0.3, -0.25) is 0 Å². The largest absolute Gasteiger partial charge is 0.390 e. The van der Waals surface area contributed by atoms with Crippen LogP contribution in [-0.4, -0.2) is 65.6 Å². The Morgan fingerprint density at radius 1 is 1.22 bits per heavy atom. The summed E-state index contributed by atoms with van der Waals surface area (Å²) in [5.74, 6) is 0. The van der Waals surface area contributed by atoms with E-state index >= 15 is 0 Å². The van der Waals surface area contributed by atoms with Gasteiger partial charge in [0.15, 0.2) is 6.29 Å². The smallest absolute Gasteiger partial charge is 0.155 e. The van der Waals surface area contributed by atoms with Gasteiger partial charge in [0, 0.05) is 19.5 Å². The average Bonchev–Trinajstić information content (AvgIpc) is 2.34. The molecule has 5 N–H and O–H groups in total. The van der Waals surface area contributed by atoms with Crippen LogP contribution in [0.4, 0.5) is 0 Å². The van der Waals surface area contributed by atoms with Crippen molar-refractivity contribution in [3.05, 3.63) is 0 Å². The first-order valence-corrected chi connectivity index (χ1v) is 6.74. The molecular formula is C12H24N2O4. The van der Waals surface area contributed by atoms with Gasteiger partial charge in [-0.2, -0.15) is 0 Å². The number of hydrogen-bond acceptors (Lipinski definition) is 6. The Balaban J connectivity index is 1.70. The van der Waals surface area contributed by atoms with Crippen LogP contribution in [0.15, 0.2) is 0 Å². The van der Waals surface area contributed by atoms with Crippen molar-refractivity contribution in [2.24, 2.45) is 0 Å². The minimum Gasteiger partial charge on any atom is -0.390 e. The molecular weight excluding hydrogens is 236 g/mol. The van der Waals surface area contributed by atoms with E-state index in [-0.39, 0.29) is 6.10 Å². The quantitative estimate of drug-likeness (QED) is 0.424. The Morgan fingerprint density at radius 2 is 1.94 bits per heavy atom. The minimum atomic E-state index is -0.776. The molecule has 6 nitrogen and oxygen atoms in total. The van der Waals surface area contributed by atoms with Gasteiger partial charge in [-0.1, -0.05) is 0 Å². The summed E-state index contributed by atoms with van der Waals surface area (Å²) in [4.78, 5) is 0. The van der Waals surface area contributed by atoms with E-state index in [0.29, 0.717) is 25.9 Å². The summed E-state index contributed by atoms with van der Waals surface area (Å²) < 4.78 is 5.27. The van der Waals surface area contributed by atoms with Crippen molar-refractivity contribution in [3.63, 3.8) is 0 Å². The van der Waals surface area contributed by atoms with E-state index in [0.717, 1.165) is 25.9 Å². The molecule has 1 unspecified atom stereocenters. The maximum Gasteiger partial charge on any atom is 0.155 e. The molecule has 0 aliphatic carbocycles. The van der Waals surface area contributed by atoms with Crippen LogP contribution in [0.2, 0.25) is 0 Å². The number of aliphatic hydroxyl groups excluding tert-OH is 2. The van der Waals surface area contributed by atoms with Crippen molar-refractivity contribution in [1.29, 1.82) is 0 Å². The molecule has 2 saturated heterocycles. The third-order valence-electron chi connectivity index (χ3n) is 3.80. The van der Waals surface area contributed by atoms with Crippen molar-refractivity contribution >= 4 is 0 Å². The van der Waals surface area contributed by atoms with Crippen molar-refractivity contribution in [2.45, 2.75) is 49.8 Å². The van der Waals surface area contributed by atoms with Crippen molar-refractivity contribution < 1.29 is 20.1 Å². The number of piperidine rings is 1. The second kappa shape index (κ2) is 6.27. The maximum absolute atomic E-state index is 10.3. The molecule has 3 atom stereocenters. The SMILES string of the molecule is O[C@@H]1CC[C@H](O)C(CNCC2(O)CCNCC2)O1. The van der Waals surface area contributed by atoms with E-state index in [4.69, 9.17) is 4.74 Å². The molecule has 0 spiro atoms. The van der Waals surface area contributed by atoms with Gasteiger partial charge in [0.05, 0.1) is 17.8 Å². The van der Waals surface area contributed by atoms with E-state index < -0.39 is 18.0 Å². The number of aliphatic hydroxyl groups is 3. The fourth-order valence-corrected chi connectivity index (χ4v) is 2.56. The first-order chi connectivity index (χ1) is 8.59. The molecule has 2 rings (SSSR count). The van der Waals surface area contributed by atoms with Crippen LogP contribution in [0.5, 0.6) is 0 Å². The monoisotopic (exact) mass is 260 g/mol. The van der Waals surface area contributed by atoms with Crippen LogP contribution in [0.3, 0.4) is 0 Å². The lowest BCUT2D eigenvalue weighted by molar-refractivity contribution is -0.197. The average molecular weight is 260 g/mol. The first-order valence-electron chi connectivity index (χ1n) is 6.74. The van der Waals surface area contributed by atoms with Crippen molar-refractivity contribution in [2.75, 3.05) is 26.2 Å². The van der Waals surface area contributed by atoms with E-state index in [9.17, 15) is 15.3 Å². The Bertz CT molecular complexity index is 258. The molecule has 2 fully saturated rings. The molecule has 6 heteroatoms. The number of nitrogens with one attached hydrogen (secondary N) is 2. The summed E-state index contributed by atoms with van der Waals surface area (Å²) in [6.07, 6.45) is 0.798. The Kier molecular flexibility index (Phi) is 4.94. The lowest BCUT2D eigenvalue weighted by Crippen LogP contribution is -2.51. The van der Waals surface area contributed by atoms with Crippen LogP contribution in [0.25, 0.3) is 0 Å². The summed E-state index contributed by atoms with van der Waals surface area (Å²) in [7, 11) is 0. The zero-order valence-electron chi connectivity index (χ0n) is 10.6. The van der Waals surface area contributed by atoms with Gasteiger partial charge in [0.25, 0.3) is 0 Å². The Hall–Kier alpha value is -0.240. The van der Waals surface area contributed by atoms with E-state index in [1.165, 1.54) is 0 Å². The van der Waals surface area contributed by atoms with Gasteiger partial charge in [0.1, 0.15) is 0 Å². The molecule has 0 aromatic carbocycles. The van der Waals surface area contributed by atoms with Crippen LogP contribution in [-0.2, 0) is 4.74 Å². The Labute approximate surface area is 107 Å². The first kappa shape index (κ1) is 14.2. The highest BCUT2D eigenvalue weighted by atomic mass is 16.6. The fourth-order valence-electron chi connectivity index (χ4n) is 2.56. The highest BCUT2D eigenvalue weighted by molar-refractivity contribution is 4.87. The maximum atomic E-state index is 10.3. The highest BCUT2D eigenvalue weighted by Gasteiger charge is 2.31. The standard InChI is InChI=1S/C12H24N2O4/c15-9-1-2-11(16)18-10(9)7-14-8-12(17)3-5-13-6-4-12/h9-11,13-17H,1-8H2/t9-,10?,11-/m0/s1. The number of rotatable bonds is 4. The predicted molar refractivity (Wildman–Crippen MR) is 66.0 cm³/mol. The molecule has 0 aromatic rings. The molecule has 106 valence electrons. The van der Waals surface area contributed by atoms with Gasteiger partial charge < -0.3 is 30.7 Å². The van der Waals surface area contributed by atoms with Crippen molar-refractivity contribution in [3.8, 4) is 0 Å². The summed E-state index contributed by atoms with van der Waals surface area (Å²) in [5.41, 5.74) is -0.663. The zero-order valence-corrected chi connectivity index (χ0v) is 10.6. The molecule has 2 aliphatic heterocycles. The number of ether oxygens (including phenoxy) is 1. The predicted octanol–water partition coefficient (Wildman–Crippen LogP) is -1.45. The van der Waals surface area contributed by atoms with E-state index in [1.54, 1.807) is 0 Å². The summed E-state index contributed by atoms with van der Waals surface area (Å²) in [6, 6.07) is 0. The summed E-state index contributed by atoms with van der Waals surface area (Å²) in [6.45, 7) is 2.62. The lowest BCUT2D eigenvalue weighted by Gasteiger charge is -2.35. The van der Waals surface area contributed by atoms with Gasteiger partial charge in [-0.15, -0.1) is 0 Å². The molecule has 0 saturated carbocycles. The molecule has 0 radical (unpaired) electrons. The van der Waals surface area contributed by atoms with E-state index in [2.05, 4.69) is 10.6 Å². The number of hydrogen-bond donors (Lipinski definition) is 5. The van der Waals surface area contributed by atoms with Crippen LogP contribution >= 0.6 is 0 Å². The summed E-state index contributed by atoms with van der Waals surface area (Å²) >= 11 is 0. The van der Waals surface area contributed by atoms with Gasteiger partial charge in [-0.25, -0.2) is 0 Å². The molecule has 18 heavy (non-hydrogen) atoms. The normalized spacial score (nSPS) is 36.5. The van der Waals surface area contributed by atoms with Crippen LogP contribution in [0.1, 0.15) is 25.7 Å². The zero-order chi connectivity index (χ0) is 13.0. The van der Waals surface area contributed by atoms with Gasteiger partial charge in [0.2, 0.25) is 0 Å². The highest BCUT2D eigenvalue weighted by Crippen LogP contribution is 2.19. The van der Waals surface area contributed by atoms with Crippen LogP contribution < -0.4 is 10.6 Å². The van der Waals surface area contributed by atoms with Crippen LogP contribution in [0, 0.1) is 0 Å². The topological polar surface area (TPSA) is 94.0 Å². The third-order valence-corrected chi connectivity index (χ3v) is 3.80. The molecule has 2 aliphatic rings. The lowest BCUT2D eigenvalue weighted by atomic mass is 9.92. The minimum absolute atomic E-state index is 0.390.